The van der Waals surface area contributed by atoms with Crippen molar-refractivity contribution in [3.05, 3.63) is 0 Å². The molecule has 0 heterocycles. The molecule has 0 aliphatic heterocycles. The fourth-order valence-corrected chi connectivity index (χ4v) is 5.47. The topological polar surface area (TPSA) is 49.9 Å². The quantitative estimate of drug-likeness (QED) is 0.606. The van der Waals surface area contributed by atoms with Gasteiger partial charge in [0.1, 0.15) is 0 Å². The molecule has 3 rings (SSSR count). The van der Waals surface area contributed by atoms with Gasteiger partial charge in [-0.05, 0) is 119 Å². The van der Waals surface area contributed by atoms with Crippen LogP contribution in [0.25, 0.3) is 0 Å². The molecule has 0 radical (unpaired) electrons. The standard InChI is InChI=1S/C21H38N2/c1-15(14-22)2-13-21(23)20-11-9-19(10-12-20)18-7-5-17(6-8-18)16-3-4-16/h14-22H,2-13,23H2,1H3. The van der Waals surface area contributed by atoms with Crippen LogP contribution in [0.1, 0.15) is 84.0 Å². The van der Waals surface area contributed by atoms with Gasteiger partial charge in [0.15, 0.2) is 0 Å². The molecule has 3 N–H and O–H groups in total. The highest BCUT2D eigenvalue weighted by atomic mass is 14.7. The van der Waals surface area contributed by atoms with E-state index in [0.29, 0.717) is 12.0 Å². The van der Waals surface area contributed by atoms with Crippen LogP contribution in [0.4, 0.5) is 0 Å². The van der Waals surface area contributed by atoms with E-state index in [2.05, 4.69) is 6.92 Å². The van der Waals surface area contributed by atoms with Crippen molar-refractivity contribution in [3.8, 4) is 0 Å². The molecular weight excluding hydrogens is 280 g/mol. The fourth-order valence-electron chi connectivity index (χ4n) is 5.47. The van der Waals surface area contributed by atoms with Gasteiger partial charge in [-0.3, -0.25) is 0 Å². The molecule has 3 saturated carbocycles. The lowest BCUT2D eigenvalue weighted by Gasteiger charge is -2.39. The molecule has 0 amide bonds. The van der Waals surface area contributed by atoms with Gasteiger partial charge in [0.05, 0.1) is 0 Å². The number of hydrogen-bond donors (Lipinski definition) is 2. The maximum Gasteiger partial charge on any atom is 0.00673 e. The second-order valence-electron chi connectivity index (χ2n) is 9.07. The zero-order valence-corrected chi connectivity index (χ0v) is 15.2. The number of rotatable bonds is 7. The Morgan fingerprint density at radius 1 is 0.783 bits per heavy atom. The van der Waals surface area contributed by atoms with E-state index >= 15 is 0 Å². The first-order chi connectivity index (χ1) is 11.2. The van der Waals surface area contributed by atoms with Crippen molar-refractivity contribution in [1.29, 1.82) is 5.41 Å². The molecule has 0 aromatic heterocycles. The third-order valence-electron chi connectivity index (χ3n) is 7.43. The highest BCUT2D eigenvalue weighted by molar-refractivity contribution is 5.55. The van der Waals surface area contributed by atoms with Gasteiger partial charge in [0.25, 0.3) is 0 Å². The van der Waals surface area contributed by atoms with E-state index < -0.39 is 0 Å². The lowest BCUT2D eigenvalue weighted by atomic mass is 9.67. The number of hydrogen-bond acceptors (Lipinski definition) is 2. The van der Waals surface area contributed by atoms with E-state index in [-0.39, 0.29) is 0 Å². The predicted octanol–water partition coefficient (Wildman–Crippen LogP) is 5.40. The predicted molar refractivity (Wildman–Crippen MR) is 98.8 cm³/mol. The molecule has 0 bridgehead atoms. The molecule has 0 saturated heterocycles. The lowest BCUT2D eigenvalue weighted by molar-refractivity contribution is 0.131. The van der Waals surface area contributed by atoms with Crippen LogP contribution in [-0.4, -0.2) is 12.3 Å². The van der Waals surface area contributed by atoms with Crippen molar-refractivity contribution in [1.82, 2.24) is 0 Å². The first kappa shape index (κ1) is 17.5. The van der Waals surface area contributed by atoms with Crippen molar-refractivity contribution >= 4 is 6.21 Å². The summed E-state index contributed by atoms with van der Waals surface area (Å²) in [7, 11) is 0. The van der Waals surface area contributed by atoms with Crippen molar-refractivity contribution in [2.24, 2.45) is 41.2 Å². The summed E-state index contributed by atoms with van der Waals surface area (Å²) < 4.78 is 0. The van der Waals surface area contributed by atoms with Crippen LogP contribution in [0.5, 0.6) is 0 Å². The van der Waals surface area contributed by atoms with Gasteiger partial charge < -0.3 is 11.1 Å². The number of nitrogens with two attached hydrogens (primary N) is 1. The van der Waals surface area contributed by atoms with Gasteiger partial charge in [-0.25, -0.2) is 0 Å². The van der Waals surface area contributed by atoms with Crippen molar-refractivity contribution in [2.45, 2.75) is 90.0 Å². The minimum absolute atomic E-state index is 0.379. The zero-order chi connectivity index (χ0) is 16.2. The Kier molecular flexibility index (Phi) is 6.18. The summed E-state index contributed by atoms with van der Waals surface area (Å²) in [6.45, 7) is 2.13. The average Bonchev–Trinajstić information content (AvgIpc) is 3.45. The zero-order valence-electron chi connectivity index (χ0n) is 15.2. The largest absolute Gasteiger partial charge is 0.327 e. The van der Waals surface area contributed by atoms with E-state index in [0.717, 1.165) is 42.4 Å². The van der Waals surface area contributed by atoms with Crippen molar-refractivity contribution < 1.29 is 0 Å². The molecule has 0 spiro atoms. The Hall–Kier alpha value is -0.370. The lowest BCUT2D eigenvalue weighted by Crippen LogP contribution is -2.35. The summed E-state index contributed by atoms with van der Waals surface area (Å²) in [4.78, 5) is 0. The van der Waals surface area contributed by atoms with Crippen LogP contribution in [0.3, 0.4) is 0 Å². The van der Waals surface area contributed by atoms with Crippen molar-refractivity contribution in [2.75, 3.05) is 0 Å². The van der Waals surface area contributed by atoms with E-state index in [1.165, 1.54) is 64.2 Å². The molecule has 2 unspecified atom stereocenters. The maximum atomic E-state index is 7.32. The smallest absolute Gasteiger partial charge is 0.00673 e. The molecule has 2 atom stereocenters. The Bertz CT molecular complexity index is 360. The normalized spacial score (nSPS) is 38.0. The van der Waals surface area contributed by atoms with Gasteiger partial charge in [-0.2, -0.15) is 0 Å². The van der Waals surface area contributed by atoms with Gasteiger partial charge in [0, 0.05) is 6.04 Å². The SMILES string of the molecule is CC(C=N)CCC(N)C1CCC(C2CCC(C3CC3)CC2)CC1. The average molecular weight is 319 g/mol. The van der Waals surface area contributed by atoms with Gasteiger partial charge in [-0.15, -0.1) is 0 Å². The summed E-state index contributed by atoms with van der Waals surface area (Å²) in [5.41, 5.74) is 6.46. The Morgan fingerprint density at radius 3 is 1.57 bits per heavy atom. The maximum absolute atomic E-state index is 7.32. The van der Waals surface area contributed by atoms with E-state index in [9.17, 15) is 0 Å². The molecule has 2 nitrogen and oxygen atoms in total. The van der Waals surface area contributed by atoms with E-state index in [4.69, 9.17) is 11.1 Å². The first-order valence-corrected chi connectivity index (χ1v) is 10.4. The second kappa shape index (κ2) is 8.14. The number of nitrogens with one attached hydrogen (secondary N) is 1. The van der Waals surface area contributed by atoms with Crippen LogP contribution in [-0.2, 0) is 0 Å². The molecule has 0 aromatic carbocycles. The molecule has 2 heteroatoms. The van der Waals surface area contributed by atoms with E-state index in [1.807, 2.05) is 0 Å². The molecule has 3 aliphatic carbocycles. The third kappa shape index (κ3) is 4.81. The van der Waals surface area contributed by atoms with Gasteiger partial charge in [-0.1, -0.05) is 6.92 Å². The minimum Gasteiger partial charge on any atom is -0.327 e. The monoisotopic (exact) mass is 318 g/mol. The van der Waals surface area contributed by atoms with Gasteiger partial charge >= 0.3 is 0 Å². The van der Waals surface area contributed by atoms with Gasteiger partial charge in [0.2, 0.25) is 0 Å². The van der Waals surface area contributed by atoms with Crippen LogP contribution in [0.2, 0.25) is 0 Å². The summed E-state index contributed by atoms with van der Waals surface area (Å²) in [6, 6.07) is 0.379. The van der Waals surface area contributed by atoms with Crippen LogP contribution < -0.4 is 5.73 Å². The molecule has 3 aliphatic rings. The van der Waals surface area contributed by atoms with Crippen LogP contribution in [0.15, 0.2) is 0 Å². The summed E-state index contributed by atoms with van der Waals surface area (Å²) in [6.07, 6.45) is 18.6. The molecule has 132 valence electrons. The highest BCUT2D eigenvalue weighted by Crippen LogP contribution is 2.48. The Labute approximate surface area is 143 Å². The fraction of sp³-hybridized carbons (Fsp3) is 0.952. The minimum atomic E-state index is 0.379. The summed E-state index contributed by atoms with van der Waals surface area (Å²) in [5.74, 6) is 5.45. The summed E-state index contributed by atoms with van der Waals surface area (Å²) in [5, 5.41) is 7.32. The van der Waals surface area contributed by atoms with Crippen molar-refractivity contribution in [3.63, 3.8) is 0 Å². The Balaban J connectivity index is 1.35. The van der Waals surface area contributed by atoms with Crippen LogP contribution in [0, 0.1) is 40.9 Å². The molecule has 0 aromatic rings. The Morgan fingerprint density at radius 2 is 1.17 bits per heavy atom. The third-order valence-corrected chi connectivity index (χ3v) is 7.43. The van der Waals surface area contributed by atoms with Crippen LogP contribution >= 0.6 is 0 Å². The summed E-state index contributed by atoms with van der Waals surface area (Å²) >= 11 is 0. The first-order valence-electron chi connectivity index (χ1n) is 10.4. The second-order valence-corrected chi connectivity index (χ2v) is 9.07. The van der Waals surface area contributed by atoms with E-state index in [1.54, 1.807) is 6.21 Å². The molecule has 3 fully saturated rings. The molecule has 23 heavy (non-hydrogen) atoms. The molecular formula is C21H38N2. The highest BCUT2D eigenvalue weighted by Gasteiger charge is 2.37.